The summed E-state index contributed by atoms with van der Waals surface area (Å²) in [4.78, 5) is 0. The molecule has 0 heteroatoms. The van der Waals surface area contributed by atoms with Gasteiger partial charge in [-0.1, -0.05) is 48.6 Å². The summed E-state index contributed by atoms with van der Waals surface area (Å²) >= 11 is 0. The van der Waals surface area contributed by atoms with Crippen molar-refractivity contribution in [2.45, 2.75) is 32.1 Å². The summed E-state index contributed by atoms with van der Waals surface area (Å²) in [6.07, 6.45) is 23.5. The Kier molecular flexibility index (Phi) is 5.87. The number of hydrogen-bond acceptors (Lipinski definition) is 0. The second-order valence-corrected chi connectivity index (χ2v) is 3.19. The van der Waals surface area contributed by atoms with Gasteiger partial charge in [-0.25, -0.2) is 0 Å². The zero-order chi connectivity index (χ0) is 9.19. The third-order valence-electron chi connectivity index (χ3n) is 1.99. The maximum Gasteiger partial charge on any atom is -0.0166 e. The van der Waals surface area contributed by atoms with E-state index >= 15 is 0 Å². The van der Waals surface area contributed by atoms with Gasteiger partial charge in [-0.15, -0.1) is 0 Å². The maximum absolute atomic E-state index is 2.28. The van der Waals surface area contributed by atoms with Crippen molar-refractivity contribution in [1.82, 2.24) is 0 Å². The molecule has 0 amide bonds. The van der Waals surface area contributed by atoms with Crippen LogP contribution in [0.5, 0.6) is 0 Å². The van der Waals surface area contributed by atoms with Crippen molar-refractivity contribution in [3.8, 4) is 0 Å². The Balaban J connectivity index is 2.38. The summed E-state index contributed by atoms with van der Waals surface area (Å²) in [5, 5.41) is 0. The summed E-state index contributed by atoms with van der Waals surface area (Å²) in [7, 11) is 0. The van der Waals surface area contributed by atoms with Crippen LogP contribution in [0.3, 0.4) is 0 Å². The zero-order valence-corrected chi connectivity index (χ0v) is 8.15. The Morgan fingerprint density at radius 3 is 1.77 bits per heavy atom. The fourth-order valence-corrected chi connectivity index (χ4v) is 1.25. The molecule has 0 aliphatic heterocycles. The quantitative estimate of drug-likeness (QED) is 0.483. The first-order valence-electron chi connectivity index (χ1n) is 5.12. The van der Waals surface area contributed by atoms with Crippen LogP contribution in [0.4, 0.5) is 0 Å². The van der Waals surface area contributed by atoms with E-state index in [1.54, 1.807) is 0 Å². The van der Waals surface area contributed by atoms with E-state index < -0.39 is 0 Å². The molecule has 0 fully saturated rings. The number of hydrogen-bond donors (Lipinski definition) is 0. The summed E-state index contributed by atoms with van der Waals surface area (Å²) < 4.78 is 0. The lowest BCUT2D eigenvalue weighted by atomic mass is 10.2. The van der Waals surface area contributed by atoms with E-state index in [-0.39, 0.29) is 0 Å². The average Bonchev–Trinajstić information content (AvgIpc) is 2.18. The van der Waals surface area contributed by atoms with Crippen LogP contribution < -0.4 is 0 Å². The predicted molar refractivity (Wildman–Crippen MR) is 59.6 cm³/mol. The zero-order valence-electron chi connectivity index (χ0n) is 8.15. The van der Waals surface area contributed by atoms with Gasteiger partial charge in [0.05, 0.1) is 0 Å². The second-order valence-electron chi connectivity index (χ2n) is 3.19. The van der Waals surface area contributed by atoms with Crippen molar-refractivity contribution >= 4 is 0 Å². The van der Waals surface area contributed by atoms with Crippen LogP contribution in [-0.4, -0.2) is 0 Å². The molecule has 13 heavy (non-hydrogen) atoms. The lowest BCUT2D eigenvalue weighted by Gasteiger charge is -1.87. The van der Waals surface area contributed by atoms with E-state index in [4.69, 9.17) is 0 Å². The van der Waals surface area contributed by atoms with E-state index in [1.807, 2.05) is 0 Å². The second kappa shape index (κ2) is 7.60. The molecule has 1 aliphatic rings. The SMILES string of the molecule is C1=C\C/C=C\CC/C=C\CC/C=C/1. The van der Waals surface area contributed by atoms with Crippen LogP contribution in [0.25, 0.3) is 0 Å². The van der Waals surface area contributed by atoms with Crippen LogP contribution in [0.2, 0.25) is 0 Å². The van der Waals surface area contributed by atoms with Crippen LogP contribution >= 0.6 is 0 Å². The van der Waals surface area contributed by atoms with Crippen molar-refractivity contribution < 1.29 is 0 Å². The molecule has 0 N–H and O–H groups in total. The largest absolute Gasteiger partial charge is 0.0882 e. The summed E-state index contributed by atoms with van der Waals surface area (Å²) in [6, 6.07) is 0. The van der Waals surface area contributed by atoms with E-state index in [9.17, 15) is 0 Å². The molecule has 0 radical (unpaired) electrons. The summed E-state index contributed by atoms with van der Waals surface area (Å²) in [5.74, 6) is 0. The van der Waals surface area contributed by atoms with Crippen molar-refractivity contribution in [2.75, 3.05) is 0 Å². The highest BCUT2D eigenvalue weighted by Gasteiger charge is 1.79. The molecule has 0 heterocycles. The topological polar surface area (TPSA) is 0 Å². The monoisotopic (exact) mass is 174 g/mol. The highest BCUT2D eigenvalue weighted by Crippen LogP contribution is 2.00. The maximum atomic E-state index is 2.28. The van der Waals surface area contributed by atoms with Crippen LogP contribution in [0.15, 0.2) is 48.6 Å². The van der Waals surface area contributed by atoms with Gasteiger partial charge in [0.25, 0.3) is 0 Å². The van der Waals surface area contributed by atoms with E-state index in [0.29, 0.717) is 0 Å². The van der Waals surface area contributed by atoms with Gasteiger partial charge in [0.2, 0.25) is 0 Å². The van der Waals surface area contributed by atoms with E-state index in [1.165, 1.54) is 19.3 Å². The third kappa shape index (κ3) is 6.15. The lowest BCUT2D eigenvalue weighted by Crippen LogP contribution is -1.66. The lowest BCUT2D eigenvalue weighted by molar-refractivity contribution is 1.00. The van der Waals surface area contributed by atoms with Crippen molar-refractivity contribution in [2.24, 2.45) is 0 Å². The molecule has 0 aromatic carbocycles. The molecule has 0 saturated heterocycles. The van der Waals surface area contributed by atoms with Crippen LogP contribution in [-0.2, 0) is 0 Å². The minimum atomic E-state index is 1.06. The first-order chi connectivity index (χ1) is 6.50. The van der Waals surface area contributed by atoms with Gasteiger partial charge in [0.1, 0.15) is 0 Å². The molecule has 0 nitrogen and oxygen atoms in total. The Hall–Kier alpha value is -1.04. The first kappa shape index (κ1) is 10.0. The molecule has 70 valence electrons. The van der Waals surface area contributed by atoms with Gasteiger partial charge < -0.3 is 0 Å². The van der Waals surface area contributed by atoms with Gasteiger partial charge >= 0.3 is 0 Å². The Labute approximate surface area is 81.4 Å². The molecule has 0 saturated carbocycles. The summed E-state index contributed by atoms with van der Waals surface area (Å²) in [5.41, 5.74) is 0. The molecular weight excluding hydrogens is 156 g/mol. The highest BCUT2D eigenvalue weighted by molar-refractivity contribution is 5.05. The number of allylic oxidation sites excluding steroid dienone is 8. The fourth-order valence-electron chi connectivity index (χ4n) is 1.25. The van der Waals surface area contributed by atoms with Gasteiger partial charge in [-0.2, -0.15) is 0 Å². The normalized spacial score (nSPS) is 28.9. The highest BCUT2D eigenvalue weighted by atomic mass is 13.9. The molecule has 0 aromatic rings. The Bertz CT molecular complexity index is 216. The van der Waals surface area contributed by atoms with Crippen molar-refractivity contribution in [3.63, 3.8) is 0 Å². The first-order valence-corrected chi connectivity index (χ1v) is 5.12. The molecule has 0 unspecified atom stereocenters. The summed E-state index contributed by atoms with van der Waals surface area (Å²) in [6.45, 7) is 0. The van der Waals surface area contributed by atoms with Crippen LogP contribution in [0.1, 0.15) is 32.1 Å². The third-order valence-corrected chi connectivity index (χ3v) is 1.99. The predicted octanol–water partition coefficient (Wildman–Crippen LogP) is 4.18. The molecule has 0 spiro atoms. The Morgan fingerprint density at radius 2 is 1.00 bits per heavy atom. The van der Waals surface area contributed by atoms with Crippen molar-refractivity contribution in [3.05, 3.63) is 48.6 Å². The minimum Gasteiger partial charge on any atom is -0.0882 e. The minimum absolute atomic E-state index is 1.06. The average molecular weight is 174 g/mol. The molecule has 0 aromatic heterocycles. The molecule has 0 atom stereocenters. The van der Waals surface area contributed by atoms with Gasteiger partial charge in [0, 0.05) is 0 Å². The van der Waals surface area contributed by atoms with E-state index in [0.717, 1.165) is 12.8 Å². The van der Waals surface area contributed by atoms with Crippen molar-refractivity contribution in [1.29, 1.82) is 0 Å². The Morgan fingerprint density at radius 1 is 0.462 bits per heavy atom. The molecular formula is C13H18. The van der Waals surface area contributed by atoms with Gasteiger partial charge in [-0.3, -0.25) is 0 Å². The van der Waals surface area contributed by atoms with E-state index in [2.05, 4.69) is 48.6 Å². The molecule has 1 rings (SSSR count). The number of rotatable bonds is 0. The standard InChI is InChI=1S/C13H18/c1-2-4-6-8-10-12-13-11-9-7-5-3-1/h1-4,7,9-10,12H,5-6,8,11,13H2/b3-1-,4-2+,9-7-,12-10-. The van der Waals surface area contributed by atoms with Crippen LogP contribution in [0, 0.1) is 0 Å². The smallest absolute Gasteiger partial charge is 0.0166 e. The van der Waals surface area contributed by atoms with Gasteiger partial charge in [0.15, 0.2) is 0 Å². The fraction of sp³-hybridized carbons (Fsp3) is 0.385. The van der Waals surface area contributed by atoms with Gasteiger partial charge in [-0.05, 0) is 32.1 Å². The molecule has 1 aliphatic carbocycles. The molecule has 0 bridgehead atoms.